The molecule has 0 fully saturated rings. The van der Waals surface area contributed by atoms with Gasteiger partial charge in [0, 0.05) is 26.6 Å². The van der Waals surface area contributed by atoms with Gasteiger partial charge in [-0.15, -0.1) is 0 Å². The molecule has 84 valence electrons. The Balaban J connectivity index is 3.45. The molecule has 0 aromatic rings. The van der Waals surface area contributed by atoms with E-state index < -0.39 is 10.0 Å². The van der Waals surface area contributed by atoms with Crippen molar-refractivity contribution in [1.29, 1.82) is 0 Å². The molecule has 0 bridgehead atoms. The van der Waals surface area contributed by atoms with Crippen molar-refractivity contribution in [3.8, 4) is 0 Å². The number of ether oxygens (including phenoxy) is 1. The minimum absolute atomic E-state index is 0.123. The van der Waals surface area contributed by atoms with E-state index in [0.29, 0.717) is 13.2 Å². The Kier molecular flexibility index (Phi) is 6.43. The Labute approximate surface area is 84.1 Å². The lowest BCUT2D eigenvalue weighted by molar-refractivity contribution is -0.121. The maximum atomic E-state index is 11.0. The van der Waals surface area contributed by atoms with Crippen LogP contribution in [0, 0.1) is 0 Å². The monoisotopic (exact) mass is 224 g/mol. The number of hydrogen-bond donors (Lipinski definition) is 2. The number of hydrogen-bond acceptors (Lipinski definition) is 4. The quantitative estimate of drug-likeness (QED) is 0.526. The highest BCUT2D eigenvalue weighted by molar-refractivity contribution is 7.88. The van der Waals surface area contributed by atoms with Gasteiger partial charge in [-0.25, -0.2) is 13.1 Å². The zero-order chi connectivity index (χ0) is 11.0. The Morgan fingerprint density at radius 1 is 1.36 bits per heavy atom. The van der Waals surface area contributed by atoms with Crippen molar-refractivity contribution >= 4 is 15.9 Å². The Hall–Kier alpha value is -0.660. The second-order valence-corrected chi connectivity index (χ2v) is 4.59. The molecule has 0 heterocycles. The van der Waals surface area contributed by atoms with Crippen LogP contribution in [0.2, 0.25) is 0 Å². The molecule has 1 amide bonds. The van der Waals surface area contributed by atoms with Crippen LogP contribution in [0.3, 0.4) is 0 Å². The predicted octanol–water partition coefficient (Wildman–Crippen LogP) is -1.31. The van der Waals surface area contributed by atoms with Crippen LogP contribution in [0.5, 0.6) is 0 Å². The molecule has 0 unspecified atom stereocenters. The van der Waals surface area contributed by atoms with E-state index in [1.807, 2.05) is 0 Å². The number of carbonyl (C=O) groups is 1. The van der Waals surface area contributed by atoms with Crippen LogP contribution in [0.15, 0.2) is 0 Å². The van der Waals surface area contributed by atoms with E-state index in [4.69, 9.17) is 4.74 Å². The van der Waals surface area contributed by atoms with Crippen LogP contribution in [0.4, 0.5) is 0 Å². The molecule has 0 rings (SSSR count). The lowest BCUT2D eigenvalue weighted by Crippen LogP contribution is -2.31. The summed E-state index contributed by atoms with van der Waals surface area (Å²) in [5.74, 6) is -0.196. The fourth-order valence-electron chi connectivity index (χ4n) is 0.731. The number of sulfonamides is 1. The van der Waals surface area contributed by atoms with Crippen LogP contribution in [0.25, 0.3) is 0 Å². The average molecular weight is 224 g/mol. The van der Waals surface area contributed by atoms with Crippen LogP contribution >= 0.6 is 0 Å². The molecule has 0 aromatic carbocycles. The lowest BCUT2D eigenvalue weighted by atomic mass is 10.4. The van der Waals surface area contributed by atoms with E-state index in [9.17, 15) is 13.2 Å². The third-order valence-corrected chi connectivity index (χ3v) is 2.07. The molecule has 0 atom stereocenters. The fraction of sp³-hybridized carbons (Fsp3) is 0.857. The zero-order valence-corrected chi connectivity index (χ0v) is 9.19. The SMILES string of the molecule is COCCNC(=O)CCNS(C)(=O)=O. The second kappa shape index (κ2) is 6.74. The molecule has 0 aromatic heterocycles. The summed E-state index contributed by atoms with van der Waals surface area (Å²) in [6, 6.07) is 0. The first kappa shape index (κ1) is 13.3. The number of amides is 1. The normalized spacial score (nSPS) is 11.3. The van der Waals surface area contributed by atoms with Crippen molar-refractivity contribution < 1.29 is 17.9 Å². The first-order valence-corrected chi connectivity index (χ1v) is 6.05. The maximum absolute atomic E-state index is 11.0. The van der Waals surface area contributed by atoms with Crippen molar-refractivity contribution in [2.24, 2.45) is 0 Å². The number of rotatable bonds is 7. The van der Waals surface area contributed by atoms with Crippen molar-refractivity contribution in [2.75, 3.05) is 33.1 Å². The summed E-state index contributed by atoms with van der Waals surface area (Å²) in [5, 5.41) is 2.57. The van der Waals surface area contributed by atoms with E-state index in [-0.39, 0.29) is 18.9 Å². The topological polar surface area (TPSA) is 84.5 Å². The van der Waals surface area contributed by atoms with Gasteiger partial charge in [0.15, 0.2) is 0 Å². The summed E-state index contributed by atoms with van der Waals surface area (Å²) in [7, 11) is -1.66. The summed E-state index contributed by atoms with van der Waals surface area (Å²) in [4.78, 5) is 11.0. The van der Waals surface area contributed by atoms with E-state index in [2.05, 4.69) is 10.0 Å². The van der Waals surface area contributed by atoms with Gasteiger partial charge in [0.05, 0.1) is 12.9 Å². The highest BCUT2D eigenvalue weighted by atomic mass is 32.2. The molecule has 0 aliphatic carbocycles. The van der Waals surface area contributed by atoms with Gasteiger partial charge in [-0.1, -0.05) is 0 Å². The van der Waals surface area contributed by atoms with Gasteiger partial charge in [-0.05, 0) is 0 Å². The van der Waals surface area contributed by atoms with Crippen molar-refractivity contribution in [3.05, 3.63) is 0 Å². The van der Waals surface area contributed by atoms with Crippen LogP contribution in [-0.4, -0.2) is 47.4 Å². The molecule has 0 radical (unpaired) electrons. The second-order valence-electron chi connectivity index (χ2n) is 2.76. The van der Waals surface area contributed by atoms with Crippen LogP contribution in [0.1, 0.15) is 6.42 Å². The molecule has 0 aliphatic heterocycles. The van der Waals surface area contributed by atoms with Gasteiger partial charge in [0.2, 0.25) is 15.9 Å². The first-order chi connectivity index (χ1) is 6.45. The van der Waals surface area contributed by atoms with Gasteiger partial charge >= 0.3 is 0 Å². The molecule has 0 saturated carbocycles. The highest BCUT2D eigenvalue weighted by Crippen LogP contribution is 1.80. The molecular weight excluding hydrogens is 208 g/mol. The molecule has 14 heavy (non-hydrogen) atoms. The average Bonchev–Trinajstić information content (AvgIpc) is 2.02. The van der Waals surface area contributed by atoms with E-state index in [0.717, 1.165) is 6.26 Å². The third-order valence-electron chi connectivity index (χ3n) is 1.34. The summed E-state index contributed by atoms with van der Waals surface area (Å²) in [5.41, 5.74) is 0. The van der Waals surface area contributed by atoms with Crippen molar-refractivity contribution in [2.45, 2.75) is 6.42 Å². The molecule has 2 N–H and O–H groups in total. The number of nitrogens with one attached hydrogen (secondary N) is 2. The van der Waals surface area contributed by atoms with E-state index >= 15 is 0 Å². The molecule has 0 spiro atoms. The predicted molar refractivity (Wildman–Crippen MR) is 52.3 cm³/mol. The smallest absolute Gasteiger partial charge is 0.221 e. The molecule has 7 heteroatoms. The Morgan fingerprint density at radius 3 is 2.50 bits per heavy atom. The van der Waals surface area contributed by atoms with Gasteiger partial charge < -0.3 is 10.1 Å². The fourth-order valence-corrected chi connectivity index (χ4v) is 1.20. The van der Waals surface area contributed by atoms with Gasteiger partial charge in [-0.2, -0.15) is 0 Å². The molecule has 0 aliphatic rings. The van der Waals surface area contributed by atoms with Crippen molar-refractivity contribution in [3.63, 3.8) is 0 Å². The van der Waals surface area contributed by atoms with Gasteiger partial charge in [0.25, 0.3) is 0 Å². The van der Waals surface area contributed by atoms with E-state index in [1.165, 1.54) is 7.11 Å². The van der Waals surface area contributed by atoms with E-state index in [1.54, 1.807) is 0 Å². The third kappa shape index (κ3) is 9.43. The minimum Gasteiger partial charge on any atom is -0.383 e. The largest absolute Gasteiger partial charge is 0.383 e. The summed E-state index contributed by atoms with van der Waals surface area (Å²) < 4.78 is 28.2. The summed E-state index contributed by atoms with van der Waals surface area (Å²) in [6.07, 6.45) is 1.19. The Morgan fingerprint density at radius 2 is 2.00 bits per heavy atom. The van der Waals surface area contributed by atoms with Gasteiger partial charge in [0.1, 0.15) is 0 Å². The van der Waals surface area contributed by atoms with Crippen LogP contribution in [-0.2, 0) is 19.6 Å². The standard InChI is InChI=1S/C7H16N2O4S/c1-13-6-5-8-7(10)3-4-9-14(2,11)12/h9H,3-6H2,1-2H3,(H,8,10). The number of carbonyl (C=O) groups excluding carboxylic acids is 1. The lowest BCUT2D eigenvalue weighted by Gasteiger charge is -2.04. The van der Waals surface area contributed by atoms with Crippen molar-refractivity contribution in [1.82, 2.24) is 10.0 Å². The summed E-state index contributed by atoms with van der Waals surface area (Å²) >= 11 is 0. The summed E-state index contributed by atoms with van der Waals surface area (Å²) in [6.45, 7) is 1.01. The minimum atomic E-state index is -3.20. The Bertz CT molecular complexity index is 263. The zero-order valence-electron chi connectivity index (χ0n) is 8.37. The molecular formula is C7H16N2O4S. The number of methoxy groups -OCH3 is 1. The first-order valence-electron chi connectivity index (χ1n) is 4.16. The maximum Gasteiger partial charge on any atom is 0.221 e. The van der Waals surface area contributed by atoms with Crippen LogP contribution < -0.4 is 10.0 Å². The highest BCUT2D eigenvalue weighted by Gasteiger charge is 2.03. The van der Waals surface area contributed by atoms with Gasteiger partial charge in [-0.3, -0.25) is 4.79 Å². The molecule has 6 nitrogen and oxygen atoms in total. The molecule has 0 saturated heterocycles.